The van der Waals surface area contributed by atoms with Crippen molar-refractivity contribution in [3.63, 3.8) is 0 Å². The summed E-state index contributed by atoms with van der Waals surface area (Å²) in [7, 11) is 0. The third-order valence-corrected chi connectivity index (χ3v) is 4.44. The number of carbonyl (C=O) groups excluding carboxylic acids is 3. The molecule has 7 heteroatoms. The minimum Gasteiger partial charge on any atom is -0.461 e. The van der Waals surface area contributed by atoms with Gasteiger partial charge in [0.1, 0.15) is 18.8 Å². The number of esters is 2. The molecule has 3 rings (SSSR count). The molecule has 0 aromatic carbocycles. The van der Waals surface area contributed by atoms with E-state index < -0.39 is 12.1 Å². The number of amides is 1. The lowest BCUT2D eigenvalue weighted by Crippen LogP contribution is -2.40. The molecule has 2 saturated carbocycles. The summed E-state index contributed by atoms with van der Waals surface area (Å²) in [6, 6.07) is 0. The first-order valence-electron chi connectivity index (χ1n) is 7.04. The normalized spacial score (nSPS) is 35.2. The molecule has 1 amide bonds. The highest BCUT2D eigenvalue weighted by Gasteiger charge is 2.63. The van der Waals surface area contributed by atoms with Crippen molar-refractivity contribution in [3.8, 4) is 0 Å². The van der Waals surface area contributed by atoms with Crippen LogP contribution in [0, 0.1) is 17.8 Å². The van der Waals surface area contributed by atoms with Crippen LogP contribution < -0.4 is 5.32 Å². The van der Waals surface area contributed by atoms with Crippen LogP contribution >= 0.6 is 0 Å². The summed E-state index contributed by atoms with van der Waals surface area (Å²) in [5, 5.41) is 2.50. The Balaban J connectivity index is 1.43. The molecular weight excluding hydrogens is 278 g/mol. The van der Waals surface area contributed by atoms with Gasteiger partial charge in [0.15, 0.2) is 0 Å². The fourth-order valence-corrected chi connectivity index (χ4v) is 3.59. The van der Waals surface area contributed by atoms with Crippen LogP contribution in [0.25, 0.3) is 0 Å². The molecule has 114 valence electrons. The van der Waals surface area contributed by atoms with Gasteiger partial charge in [0.2, 0.25) is 0 Å². The molecule has 0 spiro atoms. The summed E-state index contributed by atoms with van der Waals surface area (Å²) in [5.74, 6) is -0.284. The summed E-state index contributed by atoms with van der Waals surface area (Å²) in [4.78, 5) is 34.1. The fourth-order valence-electron chi connectivity index (χ4n) is 3.59. The predicted octanol–water partition coefficient (Wildman–Crippen LogP) is 0.392. The molecule has 0 radical (unpaired) electrons. The number of hydrogen-bond donors (Lipinski definition) is 1. The molecule has 1 N–H and O–H groups in total. The van der Waals surface area contributed by atoms with Crippen molar-refractivity contribution in [2.75, 3.05) is 13.2 Å². The van der Waals surface area contributed by atoms with E-state index >= 15 is 0 Å². The van der Waals surface area contributed by atoms with Crippen LogP contribution in [0.2, 0.25) is 0 Å². The molecule has 1 saturated heterocycles. The van der Waals surface area contributed by atoms with Gasteiger partial charge in [0, 0.05) is 17.9 Å². The maximum absolute atomic E-state index is 11.7. The fraction of sp³-hybridized carbons (Fsp3) is 0.643. The number of fused-ring (bicyclic) bond motifs is 1. The van der Waals surface area contributed by atoms with Crippen molar-refractivity contribution in [1.29, 1.82) is 0 Å². The average Bonchev–Trinajstić information content (AvgIpc) is 3.08. The van der Waals surface area contributed by atoms with Crippen LogP contribution in [0.3, 0.4) is 0 Å². The molecule has 7 nitrogen and oxygen atoms in total. The summed E-state index contributed by atoms with van der Waals surface area (Å²) < 4.78 is 15.4. The molecule has 1 aliphatic heterocycles. The Kier molecular flexibility index (Phi) is 3.57. The van der Waals surface area contributed by atoms with Gasteiger partial charge < -0.3 is 19.5 Å². The number of hydrogen-bond acceptors (Lipinski definition) is 6. The average molecular weight is 295 g/mol. The Morgan fingerprint density at radius 3 is 3.00 bits per heavy atom. The lowest BCUT2D eigenvalue weighted by atomic mass is 9.88. The van der Waals surface area contributed by atoms with Crippen LogP contribution in [-0.4, -0.2) is 43.4 Å². The lowest BCUT2D eigenvalue weighted by Gasteiger charge is -2.25. The molecule has 3 aliphatic rings. The van der Waals surface area contributed by atoms with Crippen molar-refractivity contribution < 1.29 is 28.6 Å². The maximum Gasteiger partial charge on any atom is 0.407 e. The molecule has 5 unspecified atom stereocenters. The highest BCUT2D eigenvalue weighted by Crippen LogP contribution is 2.55. The van der Waals surface area contributed by atoms with Gasteiger partial charge in [-0.25, -0.2) is 9.59 Å². The molecule has 21 heavy (non-hydrogen) atoms. The lowest BCUT2D eigenvalue weighted by molar-refractivity contribution is -0.145. The second-order valence-electron chi connectivity index (χ2n) is 5.57. The monoisotopic (exact) mass is 295 g/mol. The van der Waals surface area contributed by atoms with Gasteiger partial charge in [-0.05, 0) is 12.8 Å². The topological polar surface area (TPSA) is 90.9 Å². The van der Waals surface area contributed by atoms with E-state index in [1.54, 1.807) is 0 Å². The van der Waals surface area contributed by atoms with E-state index in [4.69, 9.17) is 14.2 Å². The van der Waals surface area contributed by atoms with Crippen molar-refractivity contribution in [1.82, 2.24) is 5.32 Å². The van der Waals surface area contributed by atoms with Gasteiger partial charge in [-0.15, -0.1) is 0 Å². The highest BCUT2D eigenvalue weighted by molar-refractivity contribution is 5.81. The Hall–Kier alpha value is -2.05. The summed E-state index contributed by atoms with van der Waals surface area (Å²) in [5.41, 5.74) is 0. The quantitative estimate of drug-likeness (QED) is 0.341. The van der Waals surface area contributed by atoms with E-state index in [0.717, 1.165) is 18.9 Å². The zero-order chi connectivity index (χ0) is 15.0. The molecule has 1 heterocycles. The smallest absolute Gasteiger partial charge is 0.407 e. The largest absolute Gasteiger partial charge is 0.461 e. The van der Waals surface area contributed by atoms with Crippen LogP contribution in [0.1, 0.15) is 12.8 Å². The second-order valence-corrected chi connectivity index (χ2v) is 5.57. The Morgan fingerprint density at radius 1 is 1.43 bits per heavy atom. The first-order valence-corrected chi connectivity index (χ1v) is 7.04. The molecule has 2 bridgehead atoms. The predicted molar refractivity (Wildman–Crippen MR) is 69.0 cm³/mol. The standard InChI is InChI=1S/C14H17NO6/c1-2-10(16)19-4-3-15-14(18)21-11-7-5-8-9(6-7)13(17)20-12(8)11/h2,7-9,11-12H,1,3-6H2,(H,15,18). The minimum atomic E-state index is -0.582. The Labute approximate surface area is 121 Å². The van der Waals surface area contributed by atoms with Gasteiger partial charge in [-0.1, -0.05) is 6.58 Å². The van der Waals surface area contributed by atoms with Gasteiger partial charge in [0.25, 0.3) is 0 Å². The van der Waals surface area contributed by atoms with Crippen LogP contribution in [0.15, 0.2) is 12.7 Å². The van der Waals surface area contributed by atoms with Gasteiger partial charge in [-0.3, -0.25) is 4.79 Å². The van der Waals surface area contributed by atoms with Gasteiger partial charge in [-0.2, -0.15) is 0 Å². The molecule has 0 aromatic rings. The van der Waals surface area contributed by atoms with E-state index in [9.17, 15) is 14.4 Å². The van der Waals surface area contributed by atoms with Gasteiger partial charge in [0.05, 0.1) is 12.5 Å². The minimum absolute atomic E-state index is 0.00114. The van der Waals surface area contributed by atoms with Crippen molar-refractivity contribution >= 4 is 18.0 Å². The Bertz CT molecular complexity index is 490. The first kappa shape index (κ1) is 13.9. The zero-order valence-corrected chi connectivity index (χ0v) is 11.4. The summed E-state index contributed by atoms with van der Waals surface area (Å²) in [6.45, 7) is 3.48. The molecule has 3 fully saturated rings. The highest BCUT2D eigenvalue weighted by atomic mass is 16.6. The van der Waals surface area contributed by atoms with Crippen molar-refractivity contribution in [2.45, 2.75) is 25.0 Å². The molecule has 5 atom stereocenters. The van der Waals surface area contributed by atoms with Crippen molar-refractivity contribution in [2.24, 2.45) is 17.8 Å². The third-order valence-electron chi connectivity index (χ3n) is 4.44. The number of rotatable bonds is 5. The van der Waals surface area contributed by atoms with Crippen LogP contribution in [-0.2, 0) is 23.8 Å². The van der Waals surface area contributed by atoms with Crippen molar-refractivity contribution in [3.05, 3.63) is 12.7 Å². The van der Waals surface area contributed by atoms with Gasteiger partial charge >= 0.3 is 18.0 Å². The zero-order valence-electron chi connectivity index (χ0n) is 11.4. The first-order chi connectivity index (χ1) is 10.1. The SMILES string of the molecule is C=CC(=O)OCCNC(=O)OC1C2CC3C(=O)OC1C3C2. The molecule has 0 aromatic heterocycles. The van der Waals surface area contributed by atoms with E-state index in [-0.39, 0.29) is 49.1 Å². The third kappa shape index (κ3) is 2.48. The maximum atomic E-state index is 11.7. The summed E-state index contributed by atoms with van der Waals surface area (Å²) in [6.07, 6.45) is 1.46. The molecule has 2 aliphatic carbocycles. The number of carbonyl (C=O) groups is 3. The number of ether oxygens (including phenoxy) is 3. The molecular formula is C14H17NO6. The van der Waals surface area contributed by atoms with E-state index in [2.05, 4.69) is 11.9 Å². The number of alkyl carbamates (subject to hydrolysis) is 1. The van der Waals surface area contributed by atoms with Crippen LogP contribution in [0.4, 0.5) is 4.79 Å². The summed E-state index contributed by atoms with van der Waals surface area (Å²) >= 11 is 0. The number of nitrogens with one attached hydrogen (secondary N) is 1. The second kappa shape index (κ2) is 5.38. The van der Waals surface area contributed by atoms with E-state index in [1.165, 1.54) is 0 Å². The van der Waals surface area contributed by atoms with Crippen LogP contribution in [0.5, 0.6) is 0 Å². The Morgan fingerprint density at radius 2 is 2.24 bits per heavy atom. The van der Waals surface area contributed by atoms with E-state index in [1.807, 2.05) is 0 Å². The van der Waals surface area contributed by atoms with E-state index in [0.29, 0.717) is 0 Å².